The number of hydrogen-bond acceptors (Lipinski definition) is 4. The topological polar surface area (TPSA) is 49.8 Å². The second-order valence-corrected chi connectivity index (χ2v) is 2.40. The molecule has 0 aromatic carbocycles. The van der Waals surface area contributed by atoms with E-state index in [1.807, 2.05) is 0 Å². The lowest BCUT2D eigenvalue weighted by molar-refractivity contribution is 0.534. The largest absolute Gasteiger partial charge is 0.314 e. The van der Waals surface area contributed by atoms with Crippen molar-refractivity contribution in [1.82, 2.24) is 20.6 Å². The molecule has 0 spiro atoms. The number of piperazine rings is 1. The third kappa shape index (κ3) is 7.64. The third-order valence-electron chi connectivity index (χ3n) is 1.43. The number of rotatable bonds is 0. The monoisotopic (exact) mass is 202 g/mol. The minimum atomic E-state index is 0. The highest BCUT2D eigenvalue weighted by molar-refractivity contribution is 5.85. The molecule has 1 aromatic rings. The van der Waals surface area contributed by atoms with E-state index >= 15 is 0 Å². The van der Waals surface area contributed by atoms with Gasteiger partial charge in [0.2, 0.25) is 0 Å². The predicted octanol–water partition coefficient (Wildman–Crippen LogP) is 0.0776. The molecule has 4 nitrogen and oxygen atoms in total. The van der Waals surface area contributed by atoms with Gasteiger partial charge < -0.3 is 10.6 Å². The van der Waals surface area contributed by atoms with Crippen molar-refractivity contribution in [2.45, 2.75) is 0 Å². The van der Waals surface area contributed by atoms with E-state index in [-0.39, 0.29) is 12.4 Å². The summed E-state index contributed by atoms with van der Waals surface area (Å²) in [7, 11) is 0. The molecule has 74 valence electrons. The molecule has 0 atom stereocenters. The van der Waals surface area contributed by atoms with E-state index in [2.05, 4.69) is 20.6 Å². The van der Waals surface area contributed by atoms with Crippen molar-refractivity contribution < 1.29 is 0 Å². The van der Waals surface area contributed by atoms with Crippen LogP contribution >= 0.6 is 12.4 Å². The number of nitrogens with zero attached hydrogens (tertiary/aromatic N) is 2. The second-order valence-electron chi connectivity index (χ2n) is 2.40. The number of hydrogen-bond donors (Lipinski definition) is 2. The Hall–Kier alpha value is -0.710. The lowest BCUT2D eigenvalue weighted by Gasteiger charge is -2.11. The molecule has 2 N–H and O–H groups in total. The van der Waals surface area contributed by atoms with Gasteiger partial charge in [-0.15, -0.1) is 12.4 Å². The quantitative estimate of drug-likeness (QED) is 0.626. The van der Waals surface area contributed by atoms with E-state index in [9.17, 15) is 0 Å². The molecule has 0 bridgehead atoms. The summed E-state index contributed by atoms with van der Waals surface area (Å²) < 4.78 is 0. The van der Waals surface area contributed by atoms with Gasteiger partial charge >= 0.3 is 0 Å². The summed E-state index contributed by atoms with van der Waals surface area (Å²) in [6.07, 6.45) is 4.88. The maximum Gasteiger partial charge on any atom is 0.115 e. The summed E-state index contributed by atoms with van der Waals surface area (Å²) in [5.74, 6) is 0. The highest BCUT2D eigenvalue weighted by Gasteiger charge is 1.91. The minimum absolute atomic E-state index is 0. The molecule has 0 radical (unpaired) electrons. The van der Waals surface area contributed by atoms with Crippen LogP contribution in [-0.4, -0.2) is 36.1 Å². The molecule has 1 aromatic heterocycles. The molecule has 13 heavy (non-hydrogen) atoms. The van der Waals surface area contributed by atoms with Gasteiger partial charge in [0.15, 0.2) is 0 Å². The summed E-state index contributed by atoms with van der Waals surface area (Å²) in [6.45, 7) is 4.56. The van der Waals surface area contributed by atoms with Gasteiger partial charge in [0.05, 0.1) is 0 Å². The molecule has 2 heterocycles. The van der Waals surface area contributed by atoms with Gasteiger partial charge in [-0.2, -0.15) is 0 Å². The van der Waals surface area contributed by atoms with Crippen LogP contribution in [0.5, 0.6) is 0 Å². The Morgan fingerprint density at radius 2 is 1.31 bits per heavy atom. The van der Waals surface area contributed by atoms with Crippen LogP contribution in [0.3, 0.4) is 0 Å². The van der Waals surface area contributed by atoms with Crippen LogP contribution in [0.2, 0.25) is 0 Å². The highest BCUT2D eigenvalue weighted by Crippen LogP contribution is 1.66. The van der Waals surface area contributed by atoms with Crippen LogP contribution in [0.15, 0.2) is 24.8 Å². The van der Waals surface area contributed by atoms with E-state index in [0.717, 1.165) is 26.2 Å². The van der Waals surface area contributed by atoms with E-state index in [1.165, 1.54) is 6.33 Å². The van der Waals surface area contributed by atoms with Crippen molar-refractivity contribution >= 4 is 12.4 Å². The predicted molar refractivity (Wildman–Crippen MR) is 55.0 cm³/mol. The van der Waals surface area contributed by atoms with Crippen LogP contribution in [0.1, 0.15) is 0 Å². The highest BCUT2D eigenvalue weighted by atomic mass is 35.5. The molecule has 1 saturated heterocycles. The molecule has 2 rings (SSSR count). The minimum Gasteiger partial charge on any atom is -0.314 e. The van der Waals surface area contributed by atoms with Gasteiger partial charge in [0, 0.05) is 38.6 Å². The fraction of sp³-hybridized carbons (Fsp3) is 0.500. The molecule has 1 aliphatic heterocycles. The van der Waals surface area contributed by atoms with Gasteiger partial charge in [-0.05, 0) is 6.07 Å². The summed E-state index contributed by atoms with van der Waals surface area (Å²) in [5.41, 5.74) is 0. The zero-order valence-corrected chi connectivity index (χ0v) is 8.26. The van der Waals surface area contributed by atoms with Crippen molar-refractivity contribution in [1.29, 1.82) is 0 Å². The zero-order valence-electron chi connectivity index (χ0n) is 7.44. The maximum absolute atomic E-state index is 3.67. The fourth-order valence-corrected chi connectivity index (χ4v) is 0.857. The summed E-state index contributed by atoms with van der Waals surface area (Å²) in [5, 5.41) is 6.44. The van der Waals surface area contributed by atoms with Crippen molar-refractivity contribution in [2.75, 3.05) is 26.2 Å². The van der Waals surface area contributed by atoms with Crippen LogP contribution in [0, 0.1) is 0 Å². The lowest BCUT2D eigenvalue weighted by Crippen LogP contribution is -2.39. The Balaban J connectivity index is 0.000000206. The van der Waals surface area contributed by atoms with E-state index < -0.39 is 0 Å². The van der Waals surface area contributed by atoms with E-state index in [1.54, 1.807) is 18.5 Å². The molecule has 0 saturated carbocycles. The summed E-state index contributed by atoms with van der Waals surface area (Å²) >= 11 is 0. The molecular weight excluding hydrogens is 188 g/mol. The number of aromatic nitrogens is 2. The van der Waals surface area contributed by atoms with Crippen molar-refractivity contribution in [3.8, 4) is 0 Å². The molecule has 1 aliphatic rings. The molecule has 0 amide bonds. The first-order valence-corrected chi connectivity index (χ1v) is 4.11. The standard InChI is InChI=1S/C4H10N2.C4H4N2.ClH/c1-2-6-4-3-5-1;1-2-5-4-6-3-1;/h5-6H,1-4H2;1-4H;1H. The van der Waals surface area contributed by atoms with Gasteiger partial charge in [0.25, 0.3) is 0 Å². The van der Waals surface area contributed by atoms with Gasteiger partial charge in [-0.3, -0.25) is 0 Å². The normalized spacial score (nSPS) is 14.8. The first-order valence-electron chi connectivity index (χ1n) is 4.11. The van der Waals surface area contributed by atoms with Crippen LogP contribution in [-0.2, 0) is 0 Å². The Kier molecular flexibility index (Phi) is 8.87. The second kappa shape index (κ2) is 9.38. The van der Waals surface area contributed by atoms with Crippen molar-refractivity contribution in [2.24, 2.45) is 0 Å². The van der Waals surface area contributed by atoms with Crippen molar-refractivity contribution in [3.63, 3.8) is 0 Å². The summed E-state index contributed by atoms with van der Waals surface area (Å²) in [4.78, 5) is 7.35. The Morgan fingerprint density at radius 3 is 1.46 bits per heavy atom. The third-order valence-corrected chi connectivity index (χ3v) is 1.43. The zero-order chi connectivity index (χ0) is 8.49. The first kappa shape index (κ1) is 12.3. The Bertz CT molecular complexity index is 141. The Labute approximate surface area is 84.6 Å². The number of nitrogens with one attached hydrogen (secondary N) is 2. The fourth-order valence-electron chi connectivity index (χ4n) is 0.857. The lowest BCUT2D eigenvalue weighted by atomic mass is 10.4. The average molecular weight is 203 g/mol. The Morgan fingerprint density at radius 1 is 0.846 bits per heavy atom. The van der Waals surface area contributed by atoms with Gasteiger partial charge in [-0.1, -0.05) is 0 Å². The molecule has 0 unspecified atom stereocenters. The number of halogens is 1. The average Bonchev–Trinajstić information content (AvgIpc) is 2.24. The molecule has 0 aliphatic carbocycles. The maximum atomic E-state index is 3.67. The van der Waals surface area contributed by atoms with Gasteiger partial charge in [-0.25, -0.2) is 9.97 Å². The van der Waals surface area contributed by atoms with Gasteiger partial charge in [0.1, 0.15) is 6.33 Å². The first-order chi connectivity index (χ1) is 6.00. The summed E-state index contributed by atoms with van der Waals surface area (Å²) in [6, 6.07) is 1.78. The van der Waals surface area contributed by atoms with Crippen LogP contribution in [0.4, 0.5) is 0 Å². The van der Waals surface area contributed by atoms with Crippen LogP contribution < -0.4 is 10.6 Å². The van der Waals surface area contributed by atoms with Crippen molar-refractivity contribution in [3.05, 3.63) is 24.8 Å². The smallest absolute Gasteiger partial charge is 0.115 e. The molecular formula is C8H15ClN4. The van der Waals surface area contributed by atoms with E-state index in [4.69, 9.17) is 0 Å². The molecule has 1 fully saturated rings. The molecule has 5 heteroatoms. The van der Waals surface area contributed by atoms with E-state index in [0.29, 0.717) is 0 Å². The SMILES string of the molecule is C1CNCCN1.Cl.c1cncnc1. The van der Waals surface area contributed by atoms with Crippen LogP contribution in [0.25, 0.3) is 0 Å².